The molecule has 0 atom stereocenters. The van der Waals surface area contributed by atoms with Crippen molar-refractivity contribution in [2.45, 2.75) is 0 Å². The van der Waals surface area contributed by atoms with Crippen LogP contribution >= 0.6 is 46.4 Å². The molecule has 0 aliphatic carbocycles. The Balaban J connectivity index is 0.000000209. The van der Waals surface area contributed by atoms with E-state index in [1.165, 1.54) is 6.07 Å². The highest BCUT2D eigenvalue weighted by Crippen LogP contribution is 2.22. The fourth-order valence-corrected chi connectivity index (χ4v) is 2.91. The molecule has 0 saturated heterocycles. The first kappa shape index (κ1) is 20.5. The molecule has 0 aromatic heterocycles. The van der Waals surface area contributed by atoms with Crippen LogP contribution in [0.25, 0.3) is 12.2 Å². The first-order valence-electron chi connectivity index (χ1n) is 7.58. The normalized spacial score (nSPS) is 10.3. The van der Waals surface area contributed by atoms with E-state index in [1.807, 2.05) is 54.6 Å². The Morgan fingerprint density at radius 3 is 1.65 bits per heavy atom. The first-order valence-corrected chi connectivity index (χ1v) is 9.09. The molecule has 3 aromatic rings. The van der Waals surface area contributed by atoms with E-state index in [2.05, 4.69) is 0 Å². The van der Waals surface area contributed by atoms with Crippen molar-refractivity contribution in [3.05, 3.63) is 104 Å². The van der Waals surface area contributed by atoms with Crippen LogP contribution in [0.5, 0.6) is 0 Å². The van der Waals surface area contributed by atoms with Gasteiger partial charge < -0.3 is 0 Å². The van der Waals surface area contributed by atoms with Gasteiger partial charge in [0.15, 0.2) is 6.29 Å². The second-order valence-corrected chi connectivity index (χ2v) is 6.88. The van der Waals surface area contributed by atoms with Crippen LogP contribution < -0.4 is 0 Å². The summed E-state index contributed by atoms with van der Waals surface area (Å²) in [5, 5.41) is 2.25. The maximum Gasteiger partial charge on any atom is 0.151 e. The first-order chi connectivity index (χ1) is 12.5. The van der Waals surface area contributed by atoms with Gasteiger partial charge in [0.25, 0.3) is 0 Å². The van der Waals surface area contributed by atoms with E-state index in [0.29, 0.717) is 31.9 Å². The topological polar surface area (TPSA) is 17.1 Å². The van der Waals surface area contributed by atoms with Gasteiger partial charge in [0, 0.05) is 20.6 Å². The Morgan fingerprint density at radius 2 is 1.15 bits per heavy atom. The lowest BCUT2D eigenvalue weighted by molar-refractivity contribution is 0.112. The van der Waals surface area contributed by atoms with E-state index in [-0.39, 0.29) is 0 Å². The van der Waals surface area contributed by atoms with Crippen molar-refractivity contribution >= 4 is 64.8 Å². The van der Waals surface area contributed by atoms with Crippen LogP contribution in [0.4, 0.5) is 0 Å². The summed E-state index contributed by atoms with van der Waals surface area (Å²) in [6, 6.07) is 20.3. The molecule has 0 radical (unpaired) electrons. The summed E-state index contributed by atoms with van der Waals surface area (Å²) in [5.41, 5.74) is 2.58. The molecule has 0 aliphatic rings. The molecule has 0 N–H and O–H groups in total. The van der Waals surface area contributed by atoms with Crippen LogP contribution in [0, 0.1) is 0 Å². The molecule has 0 fully saturated rings. The van der Waals surface area contributed by atoms with E-state index in [1.54, 1.807) is 18.2 Å². The molecule has 0 saturated carbocycles. The fourth-order valence-electron chi connectivity index (χ4n) is 1.98. The molecule has 0 heterocycles. The van der Waals surface area contributed by atoms with E-state index >= 15 is 0 Å². The van der Waals surface area contributed by atoms with E-state index < -0.39 is 0 Å². The molecule has 0 amide bonds. The van der Waals surface area contributed by atoms with Gasteiger partial charge in [-0.2, -0.15) is 0 Å². The van der Waals surface area contributed by atoms with Crippen molar-refractivity contribution in [2.24, 2.45) is 0 Å². The average molecular weight is 424 g/mol. The number of rotatable bonds is 3. The quantitative estimate of drug-likeness (QED) is 0.308. The highest BCUT2D eigenvalue weighted by molar-refractivity contribution is 6.36. The number of aldehydes is 1. The maximum atomic E-state index is 10.2. The lowest BCUT2D eigenvalue weighted by Crippen LogP contribution is -1.79. The summed E-state index contributed by atoms with van der Waals surface area (Å²) in [6.07, 6.45) is 4.70. The molecule has 0 spiro atoms. The van der Waals surface area contributed by atoms with E-state index in [9.17, 15) is 4.79 Å². The Hall–Kier alpha value is -1.77. The monoisotopic (exact) mass is 422 g/mol. The van der Waals surface area contributed by atoms with E-state index in [4.69, 9.17) is 46.4 Å². The molecular weight excluding hydrogens is 410 g/mol. The molecule has 3 aromatic carbocycles. The van der Waals surface area contributed by atoms with E-state index in [0.717, 1.165) is 11.1 Å². The smallest absolute Gasteiger partial charge is 0.151 e. The SMILES string of the molecule is Clc1ccc(/C=C/c2ccccc2)c(Cl)c1.O=Cc1ccc(Cl)cc1Cl. The Labute approximate surface area is 172 Å². The van der Waals surface area contributed by atoms with Crippen LogP contribution in [0.3, 0.4) is 0 Å². The molecular formula is C21H14Cl4O. The lowest BCUT2D eigenvalue weighted by Gasteiger charge is -1.98. The average Bonchev–Trinajstić information content (AvgIpc) is 2.62. The number of carbonyl (C=O) groups excluding carboxylic acids is 1. The van der Waals surface area contributed by atoms with Gasteiger partial charge in [0.1, 0.15) is 0 Å². The molecule has 26 heavy (non-hydrogen) atoms. The molecule has 1 nitrogen and oxygen atoms in total. The van der Waals surface area contributed by atoms with Gasteiger partial charge in [-0.1, -0.05) is 95.0 Å². The van der Waals surface area contributed by atoms with Gasteiger partial charge >= 0.3 is 0 Å². The third-order valence-corrected chi connectivity index (χ3v) is 4.43. The number of hydrogen-bond acceptors (Lipinski definition) is 1. The summed E-state index contributed by atoms with van der Waals surface area (Å²) in [7, 11) is 0. The summed E-state index contributed by atoms with van der Waals surface area (Å²) in [5.74, 6) is 0. The minimum absolute atomic E-state index is 0.391. The van der Waals surface area contributed by atoms with Gasteiger partial charge in [-0.25, -0.2) is 0 Å². The maximum absolute atomic E-state index is 10.2. The minimum Gasteiger partial charge on any atom is -0.298 e. The Kier molecular flexibility index (Phi) is 8.21. The Bertz CT molecular complexity index is 905. The summed E-state index contributed by atoms with van der Waals surface area (Å²) < 4.78 is 0. The van der Waals surface area contributed by atoms with Gasteiger partial charge in [0.2, 0.25) is 0 Å². The highest BCUT2D eigenvalue weighted by atomic mass is 35.5. The third kappa shape index (κ3) is 6.51. The third-order valence-electron chi connectivity index (χ3n) is 3.31. The van der Waals surface area contributed by atoms with Crippen molar-refractivity contribution < 1.29 is 4.79 Å². The van der Waals surface area contributed by atoms with Crippen LogP contribution in [0.2, 0.25) is 20.1 Å². The molecule has 0 bridgehead atoms. The van der Waals surface area contributed by atoms with Crippen molar-refractivity contribution in [2.75, 3.05) is 0 Å². The molecule has 132 valence electrons. The number of carbonyl (C=O) groups is 1. The number of hydrogen-bond donors (Lipinski definition) is 0. The zero-order chi connectivity index (χ0) is 18.9. The summed E-state index contributed by atoms with van der Waals surface area (Å²) >= 11 is 23.1. The molecule has 3 rings (SSSR count). The lowest BCUT2D eigenvalue weighted by atomic mass is 10.1. The largest absolute Gasteiger partial charge is 0.298 e. The zero-order valence-electron chi connectivity index (χ0n) is 13.5. The molecule has 0 aliphatic heterocycles. The van der Waals surface area contributed by atoms with Gasteiger partial charge in [-0.15, -0.1) is 0 Å². The number of benzene rings is 3. The second-order valence-electron chi connectivity index (χ2n) is 5.19. The predicted molar refractivity (Wildman–Crippen MR) is 114 cm³/mol. The van der Waals surface area contributed by atoms with Gasteiger partial charge in [0.05, 0.1) is 5.02 Å². The zero-order valence-corrected chi connectivity index (χ0v) is 16.5. The summed E-state index contributed by atoms with van der Waals surface area (Å²) in [4.78, 5) is 10.2. The van der Waals surface area contributed by atoms with Gasteiger partial charge in [-0.05, 0) is 41.5 Å². The Morgan fingerprint density at radius 1 is 0.615 bits per heavy atom. The van der Waals surface area contributed by atoms with Crippen LogP contribution in [0.1, 0.15) is 21.5 Å². The minimum atomic E-state index is 0.391. The second kappa shape index (κ2) is 10.4. The van der Waals surface area contributed by atoms with Crippen molar-refractivity contribution in [1.29, 1.82) is 0 Å². The van der Waals surface area contributed by atoms with Gasteiger partial charge in [-0.3, -0.25) is 4.79 Å². The summed E-state index contributed by atoms with van der Waals surface area (Å²) in [6.45, 7) is 0. The fraction of sp³-hybridized carbons (Fsp3) is 0. The molecule has 5 heteroatoms. The number of halogens is 4. The van der Waals surface area contributed by atoms with Crippen LogP contribution in [-0.4, -0.2) is 6.29 Å². The predicted octanol–water partition coefficient (Wildman–Crippen LogP) is 7.97. The standard InChI is InChI=1S/C14H10Cl2.C7H4Cl2O/c15-13-9-8-12(14(16)10-13)7-6-11-4-2-1-3-5-11;8-6-2-1-5(4-10)7(9)3-6/h1-10H;1-4H/b7-6+;. The van der Waals surface area contributed by atoms with Crippen LogP contribution in [0.15, 0.2) is 66.7 Å². The van der Waals surface area contributed by atoms with Crippen molar-refractivity contribution in [3.8, 4) is 0 Å². The molecule has 0 unspecified atom stereocenters. The highest BCUT2D eigenvalue weighted by Gasteiger charge is 1.98. The van der Waals surface area contributed by atoms with Crippen molar-refractivity contribution in [3.63, 3.8) is 0 Å². The van der Waals surface area contributed by atoms with Crippen molar-refractivity contribution in [1.82, 2.24) is 0 Å². The van der Waals surface area contributed by atoms with Crippen LogP contribution in [-0.2, 0) is 0 Å².